The summed E-state index contributed by atoms with van der Waals surface area (Å²) < 4.78 is 1.90. The first-order valence-electron chi connectivity index (χ1n) is 7.55. The normalized spacial score (nSPS) is 10.7. The van der Waals surface area contributed by atoms with Crippen molar-refractivity contribution in [2.75, 3.05) is 5.32 Å². The van der Waals surface area contributed by atoms with Crippen LogP contribution in [0.25, 0.3) is 16.6 Å². The Morgan fingerprint density at radius 1 is 0.958 bits per heavy atom. The van der Waals surface area contributed by atoms with Gasteiger partial charge < -0.3 is 9.88 Å². The summed E-state index contributed by atoms with van der Waals surface area (Å²) in [6.07, 6.45) is 7.05. The second-order valence-corrected chi connectivity index (χ2v) is 5.35. The van der Waals surface area contributed by atoms with Crippen molar-refractivity contribution in [3.05, 3.63) is 85.1 Å². The van der Waals surface area contributed by atoms with Crippen molar-refractivity contribution in [2.24, 2.45) is 0 Å². The summed E-state index contributed by atoms with van der Waals surface area (Å²) in [5.74, 6) is -0.149. The number of rotatable bonds is 3. The fourth-order valence-corrected chi connectivity index (χ4v) is 2.63. The maximum atomic E-state index is 12.6. The van der Waals surface area contributed by atoms with Crippen LogP contribution in [0.15, 0.2) is 79.5 Å². The molecule has 2 aromatic carbocycles. The number of benzene rings is 2. The van der Waals surface area contributed by atoms with Gasteiger partial charge in [-0.3, -0.25) is 9.78 Å². The molecule has 4 aromatic rings. The lowest BCUT2D eigenvalue weighted by Gasteiger charge is -2.09. The second kappa shape index (κ2) is 5.96. The molecule has 0 atom stereocenters. The van der Waals surface area contributed by atoms with Crippen molar-refractivity contribution in [3.8, 4) is 5.69 Å². The molecule has 0 radical (unpaired) electrons. The Morgan fingerprint density at radius 3 is 2.62 bits per heavy atom. The number of carbonyl (C=O) groups excluding carboxylic acids is 1. The summed E-state index contributed by atoms with van der Waals surface area (Å²) in [7, 11) is 0. The van der Waals surface area contributed by atoms with Crippen LogP contribution >= 0.6 is 0 Å². The Bertz CT molecular complexity index is 986. The number of amides is 1. The van der Waals surface area contributed by atoms with Gasteiger partial charge in [-0.25, -0.2) is 4.98 Å². The molecule has 0 bridgehead atoms. The number of hydrogen-bond donors (Lipinski definition) is 1. The number of hydrogen-bond acceptors (Lipinski definition) is 3. The minimum atomic E-state index is -0.149. The molecule has 0 aliphatic rings. The molecule has 0 spiro atoms. The van der Waals surface area contributed by atoms with Gasteiger partial charge in [-0.1, -0.05) is 12.1 Å². The zero-order chi connectivity index (χ0) is 16.4. The van der Waals surface area contributed by atoms with E-state index < -0.39 is 0 Å². The number of anilines is 1. The Balaban J connectivity index is 1.59. The van der Waals surface area contributed by atoms with Crippen molar-refractivity contribution in [1.82, 2.24) is 14.5 Å². The third-order valence-corrected chi connectivity index (χ3v) is 3.82. The van der Waals surface area contributed by atoms with E-state index in [-0.39, 0.29) is 5.91 Å². The van der Waals surface area contributed by atoms with Gasteiger partial charge in [0.05, 0.1) is 11.8 Å². The largest absolute Gasteiger partial charge is 0.322 e. The molecule has 24 heavy (non-hydrogen) atoms. The zero-order valence-electron chi connectivity index (χ0n) is 12.8. The topological polar surface area (TPSA) is 59.8 Å². The molecule has 4 rings (SSSR count). The van der Waals surface area contributed by atoms with Gasteiger partial charge in [-0.15, -0.1) is 0 Å². The maximum absolute atomic E-state index is 12.6. The fourth-order valence-electron chi connectivity index (χ4n) is 2.63. The highest BCUT2D eigenvalue weighted by Gasteiger charge is 2.10. The number of aromatic nitrogens is 3. The number of fused-ring (bicyclic) bond motifs is 1. The summed E-state index contributed by atoms with van der Waals surface area (Å²) in [6, 6.07) is 16.9. The van der Waals surface area contributed by atoms with E-state index in [1.54, 1.807) is 24.8 Å². The summed E-state index contributed by atoms with van der Waals surface area (Å²) >= 11 is 0. The van der Waals surface area contributed by atoms with E-state index in [2.05, 4.69) is 15.3 Å². The third-order valence-electron chi connectivity index (χ3n) is 3.82. The van der Waals surface area contributed by atoms with Crippen molar-refractivity contribution in [2.45, 2.75) is 0 Å². The molecule has 0 saturated heterocycles. The summed E-state index contributed by atoms with van der Waals surface area (Å²) in [6.45, 7) is 0. The Kier molecular flexibility index (Phi) is 3.51. The van der Waals surface area contributed by atoms with Crippen LogP contribution in [0, 0.1) is 0 Å². The second-order valence-electron chi connectivity index (χ2n) is 5.35. The molecule has 0 saturated carbocycles. The highest BCUT2D eigenvalue weighted by atomic mass is 16.1. The summed E-state index contributed by atoms with van der Waals surface area (Å²) in [5.41, 5.74) is 3.14. The molecule has 1 amide bonds. The van der Waals surface area contributed by atoms with E-state index in [4.69, 9.17) is 0 Å². The standard InChI is InChI=1S/C19H14N4O/c24-19(17-3-1-5-18-16(17)4-2-10-21-18)22-14-6-8-15(9-7-14)23-12-11-20-13-23/h1-13H,(H,22,24). The van der Waals surface area contributed by atoms with Gasteiger partial charge in [0.2, 0.25) is 0 Å². The molecule has 0 aliphatic carbocycles. The quantitative estimate of drug-likeness (QED) is 0.627. The van der Waals surface area contributed by atoms with E-state index in [1.807, 2.05) is 59.3 Å². The van der Waals surface area contributed by atoms with Gasteiger partial charge >= 0.3 is 0 Å². The van der Waals surface area contributed by atoms with Gasteiger partial charge in [-0.2, -0.15) is 0 Å². The molecule has 0 aliphatic heterocycles. The third kappa shape index (κ3) is 2.63. The Morgan fingerprint density at radius 2 is 1.83 bits per heavy atom. The van der Waals surface area contributed by atoms with Crippen molar-refractivity contribution >= 4 is 22.5 Å². The predicted octanol–water partition coefficient (Wildman–Crippen LogP) is 3.67. The number of pyridine rings is 1. The smallest absolute Gasteiger partial charge is 0.256 e. The van der Waals surface area contributed by atoms with Crippen LogP contribution in [0.5, 0.6) is 0 Å². The first-order valence-corrected chi connectivity index (χ1v) is 7.55. The average Bonchev–Trinajstić information content (AvgIpc) is 3.16. The molecule has 5 nitrogen and oxygen atoms in total. The molecule has 2 aromatic heterocycles. The van der Waals surface area contributed by atoms with Gasteiger partial charge in [0.25, 0.3) is 5.91 Å². The lowest BCUT2D eigenvalue weighted by molar-refractivity contribution is 0.102. The SMILES string of the molecule is O=C(Nc1ccc(-n2ccnc2)cc1)c1cccc2ncccc12. The van der Waals surface area contributed by atoms with Crippen LogP contribution in [0.1, 0.15) is 10.4 Å². The number of imidazole rings is 1. The number of nitrogens with one attached hydrogen (secondary N) is 1. The lowest BCUT2D eigenvalue weighted by atomic mass is 10.1. The van der Waals surface area contributed by atoms with E-state index in [1.165, 1.54) is 0 Å². The van der Waals surface area contributed by atoms with Crippen LogP contribution in [0.4, 0.5) is 5.69 Å². The van der Waals surface area contributed by atoms with E-state index in [0.29, 0.717) is 5.56 Å². The first kappa shape index (κ1) is 14.1. The number of carbonyl (C=O) groups is 1. The molecular weight excluding hydrogens is 300 g/mol. The fraction of sp³-hybridized carbons (Fsp3) is 0. The van der Waals surface area contributed by atoms with Crippen molar-refractivity contribution < 1.29 is 4.79 Å². The van der Waals surface area contributed by atoms with Crippen LogP contribution in [0.3, 0.4) is 0 Å². The van der Waals surface area contributed by atoms with E-state index in [0.717, 1.165) is 22.3 Å². The van der Waals surface area contributed by atoms with Crippen LogP contribution < -0.4 is 5.32 Å². The molecule has 116 valence electrons. The first-order chi connectivity index (χ1) is 11.8. The molecule has 2 heterocycles. The lowest BCUT2D eigenvalue weighted by Crippen LogP contribution is -2.12. The van der Waals surface area contributed by atoms with Gasteiger partial charge in [0.1, 0.15) is 0 Å². The monoisotopic (exact) mass is 314 g/mol. The summed E-state index contributed by atoms with van der Waals surface area (Å²) in [5, 5.41) is 3.77. The highest BCUT2D eigenvalue weighted by molar-refractivity contribution is 6.12. The van der Waals surface area contributed by atoms with Gasteiger partial charge in [0, 0.05) is 40.9 Å². The van der Waals surface area contributed by atoms with Crippen molar-refractivity contribution in [3.63, 3.8) is 0 Å². The molecule has 0 unspecified atom stereocenters. The van der Waals surface area contributed by atoms with Gasteiger partial charge in [-0.05, 0) is 42.5 Å². The van der Waals surface area contributed by atoms with Crippen LogP contribution in [-0.4, -0.2) is 20.4 Å². The minimum absolute atomic E-state index is 0.149. The molecule has 0 fully saturated rings. The molecule has 5 heteroatoms. The Labute approximate surface area is 138 Å². The van der Waals surface area contributed by atoms with E-state index >= 15 is 0 Å². The van der Waals surface area contributed by atoms with Crippen molar-refractivity contribution in [1.29, 1.82) is 0 Å². The summed E-state index contributed by atoms with van der Waals surface area (Å²) in [4.78, 5) is 20.9. The van der Waals surface area contributed by atoms with Gasteiger partial charge in [0.15, 0.2) is 0 Å². The highest BCUT2D eigenvalue weighted by Crippen LogP contribution is 2.19. The predicted molar refractivity (Wildman–Crippen MR) is 93.3 cm³/mol. The Hall–Kier alpha value is -3.47. The maximum Gasteiger partial charge on any atom is 0.256 e. The average molecular weight is 314 g/mol. The molecular formula is C19H14N4O. The zero-order valence-corrected chi connectivity index (χ0v) is 12.8. The minimum Gasteiger partial charge on any atom is -0.322 e. The van der Waals surface area contributed by atoms with E-state index in [9.17, 15) is 4.79 Å². The number of nitrogens with zero attached hydrogens (tertiary/aromatic N) is 3. The van der Waals surface area contributed by atoms with Crippen LogP contribution in [0.2, 0.25) is 0 Å². The molecule has 1 N–H and O–H groups in total. The van der Waals surface area contributed by atoms with Crippen LogP contribution in [-0.2, 0) is 0 Å².